The number of hydrogen-bond acceptors (Lipinski definition) is 4. The number of unbranched alkanes of at least 4 members (excludes halogenated alkanes) is 1. The molecule has 0 aliphatic carbocycles. The standard InChI is InChI=1S/C20H27Cl2N5O/c1-2-23-20(26-10-6-5-9-25-19-7-3-4-8-24-19)27-14-18(28)15-11-16(21)13-17(22)12-15/h3-4,7-8,11-13,18,28H,2,5-6,9-10,14H2,1H3,(H,24,25)(H2,23,26,27). The fraction of sp³-hybridized carbons (Fsp3) is 0.400. The molecule has 152 valence electrons. The van der Waals surface area contributed by atoms with Crippen molar-refractivity contribution in [2.45, 2.75) is 25.9 Å². The number of aromatic nitrogens is 1. The molecule has 1 unspecified atom stereocenters. The van der Waals surface area contributed by atoms with Crippen molar-refractivity contribution in [2.75, 3.05) is 31.5 Å². The Morgan fingerprint density at radius 2 is 1.86 bits per heavy atom. The number of benzene rings is 1. The largest absolute Gasteiger partial charge is 0.386 e. The molecule has 0 saturated carbocycles. The minimum atomic E-state index is -0.769. The molecule has 0 saturated heterocycles. The van der Waals surface area contributed by atoms with Crippen molar-refractivity contribution in [3.8, 4) is 0 Å². The van der Waals surface area contributed by atoms with Gasteiger partial charge in [-0.1, -0.05) is 29.3 Å². The summed E-state index contributed by atoms with van der Waals surface area (Å²) in [6, 6.07) is 10.8. The second-order valence-corrected chi connectivity index (χ2v) is 7.09. The first-order valence-electron chi connectivity index (χ1n) is 9.39. The Morgan fingerprint density at radius 1 is 1.11 bits per heavy atom. The van der Waals surface area contributed by atoms with E-state index < -0.39 is 6.10 Å². The van der Waals surface area contributed by atoms with E-state index in [1.807, 2.05) is 25.1 Å². The van der Waals surface area contributed by atoms with Crippen molar-refractivity contribution in [1.29, 1.82) is 0 Å². The molecule has 0 fully saturated rings. The fourth-order valence-corrected chi connectivity index (χ4v) is 3.08. The topological polar surface area (TPSA) is 81.6 Å². The number of nitrogens with zero attached hydrogens (tertiary/aromatic N) is 2. The molecular weight excluding hydrogens is 397 g/mol. The number of guanidine groups is 1. The molecule has 0 aliphatic heterocycles. The monoisotopic (exact) mass is 423 g/mol. The predicted molar refractivity (Wildman–Crippen MR) is 117 cm³/mol. The van der Waals surface area contributed by atoms with Crippen LogP contribution in [0.25, 0.3) is 0 Å². The first kappa shape index (κ1) is 22.3. The first-order chi connectivity index (χ1) is 13.6. The minimum absolute atomic E-state index is 0.216. The highest BCUT2D eigenvalue weighted by molar-refractivity contribution is 6.34. The first-order valence-corrected chi connectivity index (χ1v) is 10.1. The molecule has 0 amide bonds. The number of pyridine rings is 1. The summed E-state index contributed by atoms with van der Waals surface area (Å²) < 4.78 is 0. The normalized spacial score (nSPS) is 12.5. The Hall–Kier alpha value is -2.02. The van der Waals surface area contributed by atoms with Crippen molar-refractivity contribution in [3.63, 3.8) is 0 Å². The van der Waals surface area contributed by atoms with Crippen molar-refractivity contribution in [2.24, 2.45) is 4.99 Å². The SMILES string of the molecule is CCNC(=NCC(O)c1cc(Cl)cc(Cl)c1)NCCCCNc1ccccn1. The average Bonchev–Trinajstić information content (AvgIpc) is 2.68. The number of hydrogen-bond donors (Lipinski definition) is 4. The van der Waals surface area contributed by atoms with Gasteiger partial charge in [-0.05, 0) is 55.7 Å². The van der Waals surface area contributed by atoms with Crippen molar-refractivity contribution >= 4 is 35.0 Å². The third kappa shape index (κ3) is 8.33. The average molecular weight is 424 g/mol. The molecule has 28 heavy (non-hydrogen) atoms. The zero-order valence-electron chi connectivity index (χ0n) is 16.0. The van der Waals surface area contributed by atoms with Crippen molar-refractivity contribution in [1.82, 2.24) is 15.6 Å². The molecule has 0 radical (unpaired) electrons. The molecule has 4 N–H and O–H groups in total. The smallest absolute Gasteiger partial charge is 0.191 e. The van der Waals surface area contributed by atoms with Gasteiger partial charge in [0.2, 0.25) is 0 Å². The number of rotatable bonds is 10. The van der Waals surface area contributed by atoms with Crippen LogP contribution < -0.4 is 16.0 Å². The van der Waals surface area contributed by atoms with E-state index in [1.54, 1.807) is 24.4 Å². The van der Waals surface area contributed by atoms with Gasteiger partial charge in [-0.2, -0.15) is 0 Å². The summed E-state index contributed by atoms with van der Waals surface area (Å²) in [5.41, 5.74) is 0.651. The zero-order valence-corrected chi connectivity index (χ0v) is 17.5. The summed E-state index contributed by atoms with van der Waals surface area (Å²) in [4.78, 5) is 8.68. The van der Waals surface area contributed by atoms with E-state index in [4.69, 9.17) is 23.2 Å². The summed E-state index contributed by atoms with van der Waals surface area (Å²) in [5.74, 6) is 1.56. The van der Waals surface area contributed by atoms with Gasteiger partial charge in [0.25, 0.3) is 0 Å². The van der Waals surface area contributed by atoms with Gasteiger partial charge in [-0.15, -0.1) is 0 Å². The summed E-state index contributed by atoms with van der Waals surface area (Å²) in [6.45, 7) is 4.61. The van der Waals surface area contributed by atoms with E-state index in [0.29, 0.717) is 21.6 Å². The van der Waals surface area contributed by atoms with Gasteiger partial charge < -0.3 is 21.1 Å². The second kappa shape index (κ2) is 12.4. The van der Waals surface area contributed by atoms with E-state index in [9.17, 15) is 5.11 Å². The summed E-state index contributed by atoms with van der Waals surface area (Å²) in [7, 11) is 0. The summed E-state index contributed by atoms with van der Waals surface area (Å²) in [6.07, 6.45) is 2.99. The number of halogens is 2. The molecule has 1 heterocycles. The number of aliphatic hydroxyl groups excluding tert-OH is 1. The van der Waals surface area contributed by atoms with Gasteiger partial charge in [0.1, 0.15) is 5.82 Å². The lowest BCUT2D eigenvalue weighted by Gasteiger charge is -2.14. The minimum Gasteiger partial charge on any atom is -0.386 e. The molecule has 1 atom stereocenters. The highest BCUT2D eigenvalue weighted by Crippen LogP contribution is 2.23. The van der Waals surface area contributed by atoms with Crippen LogP contribution in [-0.4, -0.2) is 42.2 Å². The number of aliphatic hydroxyl groups is 1. The molecule has 1 aromatic heterocycles. The predicted octanol–water partition coefficient (Wildman–Crippen LogP) is 3.87. The van der Waals surface area contributed by atoms with E-state index in [-0.39, 0.29) is 6.54 Å². The van der Waals surface area contributed by atoms with E-state index in [2.05, 4.69) is 25.9 Å². The zero-order chi connectivity index (χ0) is 20.2. The highest BCUT2D eigenvalue weighted by atomic mass is 35.5. The van der Waals surface area contributed by atoms with E-state index in [0.717, 1.165) is 38.3 Å². The van der Waals surface area contributed by atoms with Gasteiger partial charge in [0, 0.05) is 35.9 Å². The Balaban J connectivity index is 1.73. The quantitative estimate of drug-likeness (QED) is 0.265. The van der Waals surface area contributed by atoms with E-state index >= 15 is 0 Å². The molecule has 6 nitrogen and oxygen atoms in total. The Kier molecular flexibility index (Phi) is 9.90. The Bertz CT molecular complexity index is 722. The molecule has 0 spiro atoms. The molecule has 1 aromatic carbocycles. The number of nitrogens with one attached hydrogen (secondary N) is 3. The maximum Gasteiger partial charge on any atom is 0.191 e. The van der Waals surface area contributed by atoms with Crippen LogP contribution in [0.5, 0.6) is 0 Å². The molecule has 2 rings (SSSR count). The van der Waals surface area contributed by atoms with Crippen LogP contribution >= 0.6 is 23.2 Å². The van der Waals surface area contributed by atoms with Gasteiger partial charge in [0.05, 0.1) is 12.6 Å². The lowest BCUT2D eigenvalue weighted by Crippen LogP contribution is -2.38. The summed E-state index contributed by atoms with van der Waals surface area (Å²) in [5, 5.41) is 21.1. The van der Waals surface area contributed by atoms with Gasteiger partial charge in [-0.3, -0.25) is 4.99 Å². The van der Waals surface area contributed by atoms with Crippen LogP contribution in [0.3, 0.4) is 0 Å². The van der Waals surface area contributed by atoms with Crippen LogP contribution in [0, 0.1) is 0 Å². The lowest BCUT2D eigenvalue weighted by atomic mass is 10.1. The van der Waals surface area contributed by atoms with Crippen LogP contribution in [-0.2, 0) is 0 Å². The third-order valence-corrected chi connectivity index (χ3v) is 4.34. The van der Waals surface area contributed by atoms with Crippen molar-refractivity contribution < 1.29 is 5.11 Å². The van der Waals surface area contributed by atoms with Crippen molar-refractivity contribution in [3.05, 3.63) is 58.2 Å². The third-order valence-electron chi connectivity index (χ3n) is 3.90. The number of anilines is 1. The molecule has 0 bridgehead atoms. The van der Waals surface area contributed by atoms with Crippen LogP contribution in [0.15, 0.2) is 47.6 Å². The number of aliphatic imine (C=N–C) groups is 1. The van der Waals surface area contributed by atoms with Gasteiger partial charge >= 0.3 is 0 Å². The second-order valence-electron chi connectivity index (χ2n) is 6.21. The molecular formula is C20H27Cl2N5O. The summed E-state index contributed by atoms with van der Waals surface area (Å²) >= 11 is 12.0. The van der Waals surface area contributed by atoms with E-state index in [1.165, 1.54) is 0 Å². The fourth-order valence-electron chi connectivity index (χ4n) is 2.53. The van der Waals surface area contributed by atoms with Gasteiger partial charge in [-0.25, -0.2) is 4.98 Å². The molecule has 2 aromatic rings. The molecule has 0 aliphatic rings. The Morgan fingerprint density at radius 3 is 2.54 bits per heavy atom. The lowest BCUT2D eigenvalue weighted by molar-refractivity contribution is 0.187. The van der Waals surface area contributed by atoms with Crippen LogP contribution in [0.2, 0.25) is 10.0 Å². The molecule has 8 heteroatoms. The van der Waals surface area contributed by atoms with Crippen LogP contribution in [0.1, 0.15) is 31.4 Å². The highest BCUT2D eigenvalue weighted by Gasteiger charge is 2.09. The van der Waals surface area contributed by atoms with Gasteiger partial charge in [0.15, 0.2) is 5.96 Å². The Labute approximate surface area is 176 Å². The van der Waals surface area contributed by atoms with Crippen LogP contribution in [0.4, 0.5) is 5.82 Å². The maximum atomic E-state index is 10.3. The maximum absolute atomic E-state index is 10.3.